The van der Waals surface area contributed by atoms with E-state index in [9.17, 15) is 8.42 Å². The third-order valence-corrected chi connectivity index (χ3v) is 2.47. The number of sulfonamides is 1. The Kier molecular flexibility index (Phi) is 5.40. The summed E-state index contributed by atoms with van der Waals surface area (Å²) in [5, 5.41) is 24.1. The van der Waals surface area contributed by atoms with Crippen LogP contribution in [0.3, 0.4) is 0 Å². The second-order valence-corrected chi connectivity index (χ2v) is 5.21. The van der Waals surface area contributed by atoms with Gasteiger partial charge < -0.3 is 5.32 Å². The lowest BCUT2D eigenvalue weighted by Gasteiger charge is -2.07. The quantitative estimate of drug-likeness (QED) is 0.267. The molecule has 0 saturated carbocycles. The fourth-order valence-electron chi connectivity index (χ4n) is 1.08. The van der Waals surface area contributed by atoms with Crippen LogP contribution in [0.5, 0.6) is 0 Å². The van der Waals surface area contributed by atoms with Gasteiger partial charge in [-0.15, -0.1) is 0 Å². The predicted octanol–water partition coefficient (Wildman–Crippen LogP) is -1.38. The molecule has 0 amide bonds. The molecule has 0 saturated heterocycles. The van der Waals surface area contributed by atoms with E-state index in [1.807, 2.05) is 0 Å². The third kappa shape index (κ3) is 5.76. The highest BCUT2D eigenvalue weighted by molar-refractivity contribution is 7.88. The molecule has 0 bridgehead atoms. The molecule has 0 aliphatic heterocycles. The average molecular weight is 297 g/mol. The third-order valence-electron chi connectivity index (χ3n) is 1.74. The standard InChI is InChI=1S/C8H11N9O2S/c1-20(18,19)14-3-2-11-6-15-7(12-4-9)17-8(16-6)13-5-10/h14H,2-3H2,1H3,(H3,11,12,13,15,16,17). The van der Waals surface area contributed by atoms with Crippen molar-refractivity contribution in [3.8, 4) is 12.4 Å². The van der Waals surface area contributed by atoms with Gasteiger partial charge in [0.05, 0.1) is 6.26 Å². The monoisotopic (exact) mass is 297 g/mol. The van der Waals surface area contributed by atoms with Crippen LogP contribution in [0.1, 0.15) is 0 Å². The molecular formula is C8H11N9O2S. The van der Waals surface area contributed by atoms with Gasteiger partial charge in [0, 0.05) is 13.1 Å². The Hall–Kier alpha value is -2.70. The molecule has 0 fully saturated rings. The largest absolute Gasteiger partial charge is 0.353 e. The molecule has 0 radical (unpaired) electrons. The number of hydrogen-bond acceptors (Lipinski definition) is 10. The number of rotatable bonds is 7. The summed E-state index contributed by atoms with van der Waals surface area (Å²) in [7, 11) is -3.27. The fraction of sp³-hybridized carbons (Fsp3) is 0.375. The van der Waals surface area contributed by atoms with E-state index in [0.29, 0.717) is 0 Å². The van der Waals surface area contributed by atoms with Gasteiger partial charge in [0.2, 0.25) is 27.9 Å². The molecule has 1 aromatic rings. The van der Waals surface area contributed by atoms with Crippen LogP contribution < -0.4 is 20.7 Å². The molecule has 20 heavy (non-hydrogen) atoms. The second kappa shape index (κ2) is 7.03. The summed E-state index contributed by atoms with van der Waals surface area (Å²) in [6.07, 6.45) is 4.31. The van der Waals surface area contributed by atoms with E-state index in [0.717, 1.165) is 6.26 Å². The maximum absolute atomic E-state index is 10.8. The van der Waals surface area contributed by atoms with Crippen LogP contribution >= 0.6 is 0 Å². The minimum atomic E-state index is -3.27. The van der Waals surface area contributed by atoms with Crippen LogP contribution in [0.2, 0.25) is 0 Å². The number of aromatic nitrogens is 3. The zero-order chi connectivity index (χ0) is 15.0. The molecule has 0 aromatic carbocycles. The van der Waals surface area contributed by atoms with Crippen molar-refractivity contribution in [1.29, 1.82) is 10.5 Å². The lowest BCUT2D eigenvalue weighted by Crippen LogP contribution is -2.28. The van der Waals surface area contributed by atoms with Gasteiger partial charge in [-0.05, 0) is 0 Å². The molecule has 0 atom stereocenters. The van der Waals surface area contributed by atoms with Gasteiger partial charge in [0.1, 0.15) is 0 Å². The van der Waals surface area contributed by atoms with Gasteiger partial charge in [-0.2, -0.15) is 25.5 Å². The van der Waals surface area contributed by atoms with Crippen LogP contribution in [0.15, 0.2) is 0 Å². The molecule has 1 heterocycles. The first-order valence-electron chi connectivity index (χ1n) is 5.19. The van der Waals surface area contributed by atoms with E-state index < -0.39 is 10.0 Å². The van der Waals surface area contributed by atoms with Crippen molar-refractivity contribution < 1.29 is 8.42 Å². The molecule has 0 aliphatic rings. The second-order valence-electron chi connectivity index (χ2n) is 3.37. The Morgan fingerprint density at radius 1 is 1.00 bits per heavy atom. The van der Waals surface area contributed by atoms with Gasteiger partial charge in [0.25, 0.3) is 0 Å². The van der Waals surface area contributed by atoms with Crippen molar-refractivity contribution in [2.24, 2.45) is 0 Å². The van der Waals surface area contributed by atoms with Crippen molar-refractivity contribution >= 4 is 27.9 Å². The summed E-state index contributed by atoms with van der Waals surface area (Å²) in [5.41, 5.74) is 0. The van der Waals surface area contributed by atoms with E-state index in [2.05, 4.69) is 35.6 Å². The number of nitriles is 2. The minimum absolute atomic E-state index is 0.0428. The molecule has 0 aliphatic carbocycles. The van der Waals surface area contributed by atoms with Crippen LogP contribution in [0.4, 0.5) is 17.8 Å². The zero-order valence-electron chi connectivity index (χ0n) is 10.4. The van der Waals surface area contributed by atoms with Gasteiger partial charge >= 0.3 is 0 Å². The highest BCUT2D eigenvalue weighted by Crippen LogP contribution is 2.08. The molecule has 106 valence electrons. The van der Waals surface area contributed by atoms with Crippen molar-refractivity contribution in [2.75, 3.05) is 35.3 Å². The van der Waals surface area contributed by atoms with Crippen molar-refractivity contribution in [3.05, 3.63) is 0 Å². The Bertz CT molecular complexity index is 611. The highest BCUT2D eigenvalue weighted by Gasteiger charge is 2.06. The van der Waals surface area contributed by atoms with E-state index in [-0.39, 0.29) is 30.9 Å². The zero-order valence-corrected chi connectivity index (χ0v) is 11.2. The van der Waals surface area contributed by atoms with Crippen molar-refractivity contribution in [3.63, 3.8) is 0 Å². The summed E-state index contributed by atoms with van der Waals surface area (Å²) in [5.74, 6) is 0.00319. The molecule has 1 aromatic heterocycles. The molecule has 4 N–H and O–H groups in total. The van der Waals surface area contributed by atoms with Gasteiger partial charge in [0.15, 0.2) is 12.4 Å². The van der Waals surface area contributed by atoms with E-state index in [1.54, 1.807) is 12.4 Å². The number of nitrogens with one attached hydrogen (secondary N) is 4. The van der Waals surface area contributed by atoms with E-state index >= 15 is 0 Å². The first-order valence-corrected chi connectivity index (χ1v) is 7.08. The highest BCUT2D eigenvalue weighted by atomic mass is 32.2. The number of nitrogens with zero attached hydrogens (tertiary/aromatic N) is 5. The van der Waals surface area contributed by atoms with E-state index in [1.165, 1.54) is 0 Å². The smallest absolute Gasteiger partial charge is 0.242 e. The lowest BCUT2D eigenvalue weighted by molar-refractivity contribution is 0.589. The summed E-state index contributed by atoms with van der Waals surface area (Å²) in [4.78, 5) is 11.4. The van der Waals surface area contributed by atoms with Gasteiger partial charge in [-0.25, -0.2) is 13.1 Å². The Labute approximate surface area is 115 Å². The molecule has 1 rings (SSSR count). The summed E-state index contributed by atoms with van der Waals surface area (Å²) in [6, 6.07) is 0. The Morgan fingerprint density at radius 3 is 1.95 bits per heavy atom. The Morgan fingerprint density at radius 2 is 1.50 bits per heavy atom. The van der Waals surface area contributed by atoms with Crippen LogP contribution in [0.25, 0.3) is 0 Å². The van der Waals surface area contributed by atoms with E-state index in [4.69, 9.17) is 10.5 Å². The van der Waals surface area contributed by atoms with Crippen molar-refractivity contribution in [2.45, 2.75) is 0 Å². The SMILES string of the molecule is CS(=O)(=O)NCCNc1nc(NC#N)nc(NC#N)n1. The van der Waals surface area contributed by atoms with Gasteiger partial charge in [-0.3, -0.25) is 10.6 Å². The van der Waals surface area contributed by atoms with Gasteiger partial charge in [-0.1, -0.05) is 0 Å². The predicted molar refractivity (Wildman–Crippen MR) is 69.6 cm³/mol. The summed E-state index contributed by atoms with van der Waals surface area (Å²) in [6.45, 7) is 0.349. The number of anilines is 3. The first-order chi connectivity index (χ1) is 9.44. The fourth-order valence-corrected chi connectivity index (χ4v) is 1.55. The molecule has 12 heteroatoms. The average Bonchev–Trinajstić information content (AvgIpc) is 2.34. The minimum Gasteiger partial charge on any atom is -0.353 e. The van der Waals surface area contributed by atoms with Crippen LogP contribution in [0, 0.1) is 22.9 Å². The molecule has 0 spiro atoms. The summed E-state index contributed by atoms with van der Waals surface area (Å²) >= 11 is 0. The normalized spacial score (nSPS) is 10.2. The lowest BCUT2D eigenvalue weighted by atomic mass is 10.6. The summed E-state index contributed by atoms with van der Waals surface area (Å²) < 4.78 is 24.0. The maximum atomic E-state index is 10.8. The molecule has 11 nitrogen and oxygen atoms in total. The number of hydrogen-bond donors (Lipinski definition) is 4. The first kappa shape index (κ1) is 15.4. The topological polar surface area (TPSA) is 169 Å². The molecule has 0 unspecified atom stereocenters. The van der Waals surface area contributed by atoms with Crippen LogP contribution in [-0.4, -0.2) is 42.7 Å². The van der Waals surface area contributed by atoms with Crippen LogP contribution in [-0.2, 0) is 10.0 Å². The van der Waals surface area contributed by atoms with Crippen molar-refractivity contribution in [1.82, 2.24) is 19.7 Å². The molecular weight excluding hydrogens is 286 g/mol. The maximum Gasteiger partial charge on any atom is 0.242 e. The Balaban J connectivity index is 2.69.